The first-order valence-electron chi connectivity index (χ1n) is 9.68. The van der Waals surface area contributed by atoms with E-state index in [2.05, 4.69) is 0 Å². The van der Waals surface area contributed by atoms with Crippen LogP contribution in [0.2, 0.25) is 5.02 Å². The summed E-state index contributed by atoms with van der Waals surface area (Å²) in [6, 6.07) is 11.6. The monoisotopic (exact) mass is 475 g/mol. The van der Waals surface area contributed by atoms with Crippen LogP contribution in [0.5, 0.6) is 0 Å². The SMILES string of the molecule is O=C(O)CC/C=C\CC1CCN(S(=O)(=O)c2ccc(F)cc2)C1c1ccc(Cl)cc1.[NaH]. The van der Waals surface area contributed by atoms with Crippen LogP contribution in [0.15, 0.2) is 65.6 Å². The molecule has 0 bridgehead atoms. The number of aliphatic carboxylic acids is 1. The molecule has 31 heavy (non-hydrogen) atoms. The van der Waals surface area contributed by atoms with E-state index in [1.165, 1.54) is 16.4 Å². The molecule has 1 saturated heterocycles. The van der Waals surface area contributed by atoms with E-state index in [1.807, 2.05) is 24.3 Å². The van der Waals surface area contributed by atoms with Gasteiger partial charge in [0.15, 0.2) is 0 Å². The quantitative estimate of drug-likeness (QED) is 0.454. The molecule has 0 saturated carbocycles. The van der Waals surface area contributed by atoms with E-state index in [4.69, 9.17) is 16.7 Å². The standard InChI is InChI=1S/C22H23ClFNO4S.Na.H/c23-18-8-6-17(7-9-18)22-16(4-2-1-3-5-21(26)27)14-15-25(22)30(28,29)20-12-10-19(24)11-13-20;;/h1-2,6-13,16,22H,3-5,14-15H2,(H,26,27);;/b2-1-;;. The van der Waals surface area contributed by atoms with Crippen molar-refractivity contribution in [2.75, 3.05) is 6.54 Å². The fourth-order valence-corrected chi connectivity index (χ4v) is 5.59. The second-order valence-corrected chi connectivity index (χ2v) is 9.58. The van der Waals surface area contributed by atoms with Crippen molar-refractivity contribution >= 4 is 57.2 Å². The first kappa shape index (κ1) is 26.0. The first-order chi connectivity index (χ1) is 14.3. The Morgan fingerprint density at radius 1 is 1.13 bits per heavy atom. The number of halogens is 2. The van der Waals surface area contributed by atoms with E-state index in [0.717, 1.165) is 17.7 Å². The van der Waals surface area contributed by atoms with Crippen LogP contribution in [0.25, 0.3) is 0 Å². The Kier molecular flexibility index (Phi) is 9.73. The third kappa shape index (κ3) is 6.63. The van der Waals surface area contributed by atoms with Crippen molar-refractivity contribution in [3.8, 4) is 0 Å². The molecular weight excluding hydrogens is 452 g/mol. The molecule has 2 unspecified atom stereocenters. The third-order valence-corrected chi connectivity index (χ3v) is 7.39. The van der Waals surface area contributed by atoms with Crippen molar-refractivity contribution in [3.05, 3.63) is 77.1 Å². The first-order valence-corrected chi connectivity index (χ1v) is 11.5. The van der Waals surface area contributed by atoms with Crippen LogP contribution >= 0.6 is 11.6 Å². The van der Waals surface area contributed by atoms with Crippen molar-refractivity contribution in [1.29, 1.82) is 0 Å². The normalized spacial score (nSPS) is 19.4. The second-order valence-electron chi connectivity index (χ2n) is 7.25. The van der Waals surface area contributed by atoms with Gasteiger partial charge in [-0.3, -0.25) is 4.79 Å². The van der Waals surface area contributed by atoms with Crippen molar-refractivity contribution in [3.63, 3.8) is 0 Å². The van der Waals surface area contributed by atoms with Crippen LogP contribution < -0.4 is 0 Å². The van der Waals surface area contributed by atoms with Gasteiger partial charge in [-0.05, 0) is 67.1 Å². The van der Waals surface area contributed by atoms with Crippen LogP contribution in [0, 0.1) is 11.7 Å². The number of hydrogen-bond acceptors (Lipinski definition) is 3. The molecule has 2 aromatic carbocycles. The summed E-state index contributed by atoms with van der Waals surface area (Å²) in [7, 11) is -3.81. The zero-order valence-electron chi connectivity index (χ0n) is 16.2. The molecule has 1 heterocycles. The Balaban J connectivity index is 0.00000341. The van der Waals surface area contributed by atoms with Gasteiger partial charge in [-0.15, -0.1) is 0 Å². The maximum atomic E-state index is 13.3. The van der Waals surface area contributed by atoms with Gasteiger partial charge in [-0.2, -0.15) is 4.31 Å². The second kappa shape index (κ2) is 11.6. The number of rotatable bonds is 8. The summed E-state index contributed by atoms with van der Waals surface area (Å²) in [6.07, 6.45) is 5.53. The van der Waals surface area contributed by atoms with Gasteiger partial charge in [-0.1, -0.05) is 35.9 Å². The summed E-state index contributed by atoms with van der Waals surface area (Å²) >= 11 is 6.01. The van der Waals surface area contributed by atoms with Gasteiger partial charge in [-0.25, -0.2) is 12.8 Å². The van der Waals surface area contributed by atoms with E-state index >= 15 is 0 Å². The van der Waals surface area contributed by atoms with Crippen LogP contribution in [-0.4, -0.2) is 59.9 Å². The molecule has 9 heteroatoms. The van der Waals surface area contributed by atoms with E-state index in [1.54, 1.807) is 12.1 Å². The zero-order chi connectivity index (χ0) is 21.7. The average molecular weight is 476 g/mol. The summed E-state index contributed by atoms with van der Waals surface area (Å²) in [6.45, 7) is 0.348. The maximum absolute atomic E-state index is 13.3. The van der Waals surface area contributed by atoms with Crippen LogP contribution in [0.3, 0.4) is 0 Å². The fourth-order valence-electron chi connectivity index (χ4n) is 3.78. The Morgan fingerprint density at radius 2 is 1.77 bits per heavy atom. The molecule has 2 atom stereocenters. The number of carbonyl (C=O) groups is 1. The topological polar surface area (TPSA) is 74.7 Å². The van der Waals surface area contributed by atoms with Crippen LogP contribution in [-0.2, 0) is 14.8 Å². The van der Waals surface area contributed by atoms with E-state index < -0.39 is 21.8 Å². The number of nitrogens with zero attached hydrogens (tertiary/aromatic N) is 1. The van der Waals surface area contributed by atoms with Gasteiger partial charge in [0.1, 0.15) is 5.82 Å². The molecule has 0 radical (unpaired) electrons. The van der Waals surface area contributed by atoms with Crippen molar-refractivity contribution in [1.82, 2.24) is 4.31 Å². The number of benzene rings is 2. The number of carboxylic acid groups (broad SMARTS) is 1. The Bertz CT molecular complexity index is 1010. The molecule has 0 amide bonds. The van der Waals surface area contributed by atoms with Gasteiger partial charge in [0.2, 0.25) is 10.0 Å². The van der Waals surface area contributed by atoms with E-state index in [9.17, 15) is 17.6 Å². The molecule has 162 valence electrons. The predicted octanol–water partition coefficient (Wildman–Crippen LogP) is 4.39. The number of allylic oxidation sites excluding steroid dienone is 2. The molecular formula is C22H24ClFNNaO4S. The summed E-state index contributed by atoms with van der Waals surface area (Å²) in [5.41, 5.74) is 0.839. The predicted molar refractivity (Wildman–Crippen MR) is 120 cm³/mol. The zero-order valence-corrected chi connectivity index (χ0v) is 17.8. The molecule has 1 aliphatic rings. The molecule has 0 aliphatic carbocycles. The Hall–Kier alpha value is -1.22. The molecule has 1 N–H and O–H groups in total. The van der Waals surface area contributed by atoms with Crippen molar-refractivity contribution in [2.24, 2.45) is 5.92 Å². The molecule has 1 fully saturated rings. The molecule has 5 nitrogen and oxygen atoms in total. The number of hydrogen-bond donors (Lipinski definition) is 1. The van der Waals surface area contributed by atoms with Crippen molar-refractivity contribution < 1.29 is 22.7 Å². The van der Waals surface area contributed by atoms with Gasteiger partial charge >= 0.3 is 35.5 Å². The van der Waals surface area contributed by atoms with Gasteiger partial charge in [0.25, 0.3) is 0 Å². The van der Waals surface area contributed by atoms with Gasteiger partial charge in [0, 0.05) is 18.0 Å². The molecule has 2 aromatic rings. The summed E-state index contributed by atoms with van der Waals surface area (Å²) < 4.78 is 41.3. The van der Waals surface area contributed by atoms with Crippen molar-refractivity contribution in [2.45, 2.75) is 36.6 Å². The average Bonchev–Trinajstić information content (AvgIpc) is 3.13. The molecule has 3 rings (SSSR count). The Morgan fingerprint density at radius 3 is 2.39 bits per heavy atom. The van der Waals surface area contributed by atoms with Crippen LogP contribution in [0.4, 0.5) is 4.39 Å². The van der Waals surface area contributed by atoms with Crippen LogP contribution in [0.1, 0.15) is 37.3 Å². The third-order valence-electron chi connectivity index (χ3n) is 5.24. The summed E-state index contributed by atoms with van der Waals surface area (Å²) in [5, 5.41) is 9.31. The van der Waals surface area contributed by atoms with Gasteiger partial charge in [0.05, 0.1) is 10.9 Å². The minimum atomic E-state index is -3.81. The molecule has 0 aromatic heterocycles. The minimum absolute atomic E-state index is 0. The summed E-state index contributed by atoms with van der Waals surface area (Å²) in [4.78, 5) is 10.7. The molecule has 1 aliphatic heterocycles. The molecule has 0 spiro atoms. The number of sulfonamides is 1. The van der Waals surface area contributed by atoms with Gasteiger partial charge < -0.3 is 5.11 Å². The van der Waals surface area contributed by atoms with E-state index in [-0.39, 0.29) is 52.8 Å². The number of carboxylic acids is 1. The van der Waals surface area contributed by atoms with E-state index in [0.29, 0.717) is 30.8 Å². The summed E-state index contributed by atoms with van der Waals surface area (Å²) in [5.74, 6) is -1.31. The Labute approximate surface area is 209 Å². The fraction of sp³-hybridized carbons (Fsp3) is 0.318.